The van der Waals surface area contributed by atoms with Gasteiger partial charge in [0.1, 0.15) is 0 Å². The number of ether oxygens (including phenoxy) is 1. The number of hydrogen-bond donors (Lipinski definition) is 0. The van der Waals surface area contributed by atoms with E-state index in [9.17, 15) is 13.2 Å². The van der Waals surface area contributed by atoms with E-state index < -0.39 is 15.9 Å². The Bertz CT molecular complexity index is 1050. The van der Waals surface area contributed by atoms with Gasteiger partial charge in [-0.2, -0.15) is 0 Å². The Morgan fingerprint density at radius 1 is 1.06 bits per heavy atom. The molecule has 1 aliphatic rings. The summed E-state index contributed by atoms with van der Waals surface area (Å²) in [4.78, 5) is 15.1. The Morgan fingerprint density at radius 2 is 1.73 bits per heavy atom. The number of hydrogen-bond acceptors (Lipinski definition) is 4. The van der Waals surface area contributed by atoms with Gasteiger partial charge in [0.05, 0.1) is 28.2 Å². The van der Waals surface area contributed by atoms with Crippen molar-refractivity contribution in [3.05, 3.63) is 62.6 Å². The Balaban J connectivity index is 1.82. The first-order valence-corrected chi connectivity index (χ1v) is 14.0. The third kappa shape index (κ3) is 7.25. The van der Waals surface area contributed by atoms with Gasteiger partial charge < -0.3 is 9.64 Å². The zero-order valence-corrected chi connectivity index (χ0v) is 21.6. The van der Waals surface area contributed by atoms with E-state index in [4.69, 9.17) is 39.5 Å². The molecule has 2 aromatic carbocycles. The smallest absolute Gasteiger partial charge is 0.254 e. The van der Waals surface area contributed by atoms with Crippen LogP contribution in [0.1, 0.15) is 54.9 Å². The van der Waals surface area contributed by atoms with Gasteiger partial charge in [-0.25, -0.2) is 8.42 Å². The first-order chi connectivity index (χ1) is 15.7. The van der Waals surface area contributed by atoms with Gasteiger partial charge in [0.25, 0.3) is 5.91 Å². The number of amides is 1. The summed E-state index contributed by atoms with van der Waals surface area (Å²) >= 11 is 18.8. The van der Waals surface area contributed by atoms with Crippen molar-refractivity contribution in [1.82, 2.24) is 4.90 Å². The summed E-state index contributed by atoms with van der Waals surface area (Å²) in [6, 6.07) is 9.77. The molecule has 1 saturated heterocycles. The number of sulfone groups is 1. The summed E-state index contributed by atoms with van der Waals surface area (Å²) in [5.41, 5.74) is 1.14. The van der Waals surface area contributed by atoms with Crippen LogP contribution in [0.3, 0.4) is 0 Å². The molecular weight excluding hydrogens is 505 g/mol. The zero-order chi connectivity index (χ0) is 24.0. The average molecular weight is 533 g/mol. The maximum Gasteiger partial charge on any atom is 0.254 e. The number of benzene rings is 2. The standard InChI is InChI=1S/C24H28Cl3NO4S/c1-2-3-4-5-11-32-23-21(26)13-18(14-22(23)27)24(29)28(20-10-12-33(30,31)16-20)15-17-6-8-19(25)9-7-17/h6-9,13-14,20H,2-5,10-12,15-16H2,1H3. The lowest BCUT2D eigenvalue weighted by Gasteiger charge is -2.29. The summed E-state index contributed by atoms with van der Waals surface area (Å²) in [6.45, 7) is 2.89. The van der Waals surface area contributed by atoms with Crippen LogP contribution in [0.2, 0.25) is 15.1 Å². The Hall–Kier alpha value is -1.47. The highest BCUT2D eigenvalue weighted by Crippen LogP contribution is 2.35. The van der Waals surface area contributed by atoms with Crippen LogP contribution < -0.4 is 4.74 Å². The van der Waals surface area contributed by atoms with Crippen LogP contribution in [0.5, 0.6) is 5.75 Å². The number of halogens is 3. The lowest BCUT2D eigenvalue weighted by molar-refractivity contribution is 0.0681. The van der Waals surface area contributed by atoms with Crippen molar-refractivity contribution in [3.8, 4) is 5.75 Å². The molecule has 0 spiro atoms. The predicted molar refractivity (Wildman–Crippen MR) is 134 cm³/mol. The van der Waals surface area contributed by atoms with Crippen molar-refractivity contribution in [3.63, 3.8) is 0 Å². The fourth-order valence-electron chi connectivity index (χ4n) is 3.86. The number of carbonyl (C=O) groups excluding carboxylic acids is 1. The third-order valence-corrected chi connectivity index (χ3v) is 8.23. The van der Waals surface area contributed by atoms with E-state index in [1.54, 1.807) is 17.0 Å². The highest BCUT2D eigenvalue weighted by molar-refractivity contribution is 7.91. The summed E-state index contributed by atoms with van der Waals surface area (Å²) in [7, 11) is -3.18. The lowest BCUT2D eigenvalue weighted by Crippen LogP contribution is -2.40. The minimum absolute atomic E-state index is 0.0627. The molecule has 9 heteroatoms. The van der Waals surface area contributed by atoms with E-state index in [2.05, 4.69) is 6.92 Å². The molecule has 1 unspecified atom stereocenters. The molecule has 0 radical (unpaired) electrons. The lowest BCUT2D eigenvalue weighted by atomic mass is 10.1. The molecule has 0 bridgehead atoms. The van der Waals surface area contributed by atoms with Crippen molar-refractivity contribution in [1.29, 1.82) is 0 Å². The summed E-state index contributed by atoms with van der Waals surface area (Å²) < 4.78 is 30.0. The molecule has 0 saturated carbocycles. The second kappa shape index (κ2) is 11.8. The molecule has 2 aromatic rings. The van der Waals surface area contributed by atoms with Crippen molar-refractivity contribution >= 4 is 50.5 Å². The van der Waals surface area contributed by atoms with Crippen LogP contribution in [0.15, 0.2) is 36.4 Å². The van der Waals surface area contributed by atoms with Crippen LogP contribution in [0.4, 0.5) is 0 Å². The highest BCUT2D eigenvalue weighted by atomic mass is 35.5. The van der Waals surface area contributed by atoms with Gasteiger partial charge in [0, 0.05) is 23.2 Å². The fraction of sp³-hybridized carbons (Fsp3) is 0.458. The molecule has 5 nitrogen and oxygen atoms in total. The second-order valence-corrected chi connectivity index (χ2v) is 11.8. The van der Waals surface area contributed by atoms with Crippen molar-refractivity contribution in [2.75, 3.05) is 18.1 Å². The first kappa shape index (κ1) is 26.1. The molecule has 33 heavy (non-hydrogen) atoms. The van der Waals surface area contributed by atoms with Crippen molar-refractivity contribution < 1.29 is 17.9 Å². The van der Waals surface area contributed by atoms with E-state index in [0.29, 0.717) is 29.4 Å². The first-order valence-electron chi connectivity index (χ1n) is 11.1. The molecular formula is C24H28Cl3NO4S. The summed E-state index contributed by atoms with van der Waals surface area (Å²) in [6.07, 6.45) is 4.62. The molecule has 3 rings (SSSR count). The minimum Gasteiger partial charge on any atom is -0.490 e. The maximum absolute atomic E-state index is 13.5. The Morgan fingerprint density at radius 3 is 2.30 bits per heavy atom. The normalized spacial score (nSPS) is 17.2. The molecule has 1 atom stereocenters. The maximum atomic E-state index is 13.5. The fourth-order valence-corrected chi connectivity index (χ4v) is 6.32. The monoisotopic (exact) mass is 531 g/mol. The number of unbranched alkanes of at least 4 members (excludes halogenated alkanes) is 3. The molecule has 1 fully saturated rings. The van der Waals surface area contributed by atoms with E-state index in [1.165, 1.54) is 12.1 Å². The van der Waals surface area contributed by atoms with Gasteiger partial charge in [0.15, 0.2) is 15.6 Å². The summed E-state index contributed by atoms with van der Waals surface area (Å²) in [5, 5.41) is 1.10. The molecule has 1 heterocycles. The number of rotatable bonds is 10. The predicted octanol–water partition coefficient (Wildman–Crippen LogP) is 6.44. The van der Waals surface area contributed by atoms with Gasteiger partial charge in [0.2, 0.25) is 0 Å². The average Bonchev–Trinajstić information content (AvgIpc) is 3.13. The van der Waals surface area contributed by atoms with Gasteiger partial charge in [-0.05, 0) is 42.7 Å². The minimum atomic E-state index is -3.18. The van der Waals surface area contributed by atoms with Crippen LogP contribution in [0.25, 0.3) is 0 Å². The Labute approximate surface area is 210 Å². The number of carbonyl (C=O) groups is 1. The van der Waals surface area contributed by atoms with E-state index in [-0.39, 0.29) is 34.0 Å². The molecule has 1 aliphatic heterocycles. The van der Waals surface area contributed by atoms with E-state index in [1.807, 2.05) is 12.1 Å². The summed E-state index contributed by atoms with van der Waals surface area (Å²) in [5.74, 6) is 0.0330. The zero-order valence-electron chi connectivity index (χ0n) is 18.5. The molecule has 1 amide bonds. The van der Waals surface area contributed by atoms with Gasteiger partial charge in [-0.3, -0.25) is 4.79 Å². The molecule has 0 aromatic heterocycles. The van der Waals surface area contributed by atoms with Gasteiger partial charge in [-0.15, -0.1) is 0 Å². The van der Waals surface area contributed by atoms with Crippen LogP contribution in [-0.2, 0) is 16.4 Å². The Kier molecular flexibility index (Phi) is 9.34. The third-order valence-electron chi connectivity index (χ3n) is 5.67. The van der Waals surface area contributed by atoms with Crippen LogP contribution >= 0.6 is 34.8 Å². The van der Waals surface area contributed by atoms with Gasteiger partial charge in [-0.1, -0.05) is 73.1 Å². The molecule has 0 N–H and O–H groups in total. The van der Waals surface area contributed by atoms with E-state index in [0.717, 1.165) is 31.2 Å². The van der Waals surface area contributed by atoms with Crippen LogP contribution in [-0.4, -0.2) is 43.4 Å². The van der Waals surface area contributed by atoms with Crippen molar-refractivity contribution in [2.45, 2.75) is 51.6 Å². The largest absolute Gasteiger partial charge is 0.490 e. The SMILES string of the molecule is CCCCCCOc1c(Cl)cc(C(=O)N(Cc2ccc(Cl)cc2)C2CCS(=O)(=O)C2)cc1Cl. The van der Waals surface area contributed by atoms with E-state index >= 15 is 0 Å². The highest BCUT2D eigenvalue weighted by Gasteiger charge is 2.35. The molecule has 0 aliphatic carbocycles. The molecule has 180 valence electrons. The van der Waals surface area contributed by atoms with Crippen LogP contribution in [0, 0.1) is 0 Å². The quantitative estimate of drug-likeness (QED) is 0.331. The number of nitrogens with zero attached hydrogens (tertiary/aromatic N) is 1. The topological polar surface area (TPSA) is 63.7 Å². The second-order valence-electron chi connectivity index (χ2n) is 8.29. The van der Waals surface area contributed by atoms with Crippen molar-refractivity contribution in [2.24, 2.45) is 0 Å². The van der Waals surface area contributed by atoms with Gasteiger partial charge >= 0.3 is 0 Å².